The summed E-state index contributed by atoms with van der Waals surface area (Å²) in [6.45, 7) is -0.0142. The van der Waals surface area contributed by atoms with E-state index in [1.807, 2.05) is 23.5 Å². The lowest BCUT2D eigenvalue weighted by atomic mass is 9.37. The highest BCUT2D eigenvalue weighted by molar-refractivity contribution is 7.25. The molecule has 0 spiro atoms. The summed E-state index contributed by atoms with van der Waals surface area (Å²) in [7, 11) is 0. The van der Waals surface area contributed by atoms with Crippen molar-refractivity contribution in [3.05, 3.63) is 170 Å². The molecule has 13 aromatic rings. The minimum Gasteiger partial charge on any atom is -0.456 e. The van der Waals surface area contributed by atoms with Crippen LogP contribution in [-0.4, -0.2) is 6.71 Å². The molecule has 0 saturated carbocycles. The normalized spacial score (nSPS) is 13.3. The Labute approximate surface area is 346 Å². The number of benzene rings is 9. The van der Waals surface area contributed by atoms with Gasteiger partial charge in [0.05, 0.1) is 0 Å². The van der Waals surface area contributed by atoms with E-state index in [0.717, 1.165) is 82.9 Å². The zero-order valence-corrected chi connectivity index (χ0v) is 32.6. The zero-order valence-electron chi connectivity index (χ0n) is 31.8. The third-order valence-corrected chi connectivity index (χ3v) is 14.4. The number of hydrogen-bond donors (Lipinski definition) is 0. The van der Waals surface area contributed by atoms with Crippen molar-refractivity contribution in [2.24, 2.45) is 0 Å². The fraction of sp³-hybridized carbons (Fsp3) is 0. The van der Waals surface area contributed by atoms with E-state index in [1.165, 1.54) is 58.8 Å². The van der Waals surface area contributed by atoms with Gasteiger partial charge in [-0.1, -0.05) is 96.5 Å². The molecular formula is C54H28BNO3S. The number of fused-ring (bicyclic) bond motifs is 17. The first kappa shape index (κ1) is 31.5. The molecular weight excluding hydrogens is 753 g/mol. The SMILES string of the molecule is c1ccc2c(c1)oc1cc(N3c4cc5oc6ccccc6c5cc4B4c5cc6c(cc5-c5cc(-c7ccc8sc9ccccc9c8c7)cc3c54)oc3ccccc36)ccc12. The van der Waals surface area contributed by atoms with Gasteiger partial charge in [0.2, 0.25) is 6.71 Å². The largest absolute Gasteiger partial charge is 0.456 e. The Balaban J connectivity index is 1.07. The van der Waals surface area contributed by atoms with Crippen molar-refractivity contribution in [2.45, 2.75) is 0 Å². The Kier molecular flexibility index (Phi) is 5.84. The standard InChI is InChI=1S/C54H28BNO3S/c1-5-13-46-32(9-1)35-19-18-31(24-49(35)57-46)56-44-28-51-39(34-11-3-7-15-48(34)59-51)26-43(44)55-42-25-38-33-10-2-6-14-47(33)58-50(38)27-37(42)41-22-30(23-45(56)54(41)55)29-17-20-53-40(21-29)36-12-4-8-16-52(36)60-53/h1-28H. The molecule has 6 heteroatoms. The van der Waals surface area contributed by atoms with Crippen LogP contribution in [-0.2, 0) is 0 Å². The average molecular weight is 782 g/mol. The van der Waals surface area contributed by atoms with Gasteiger partial charge in [0.25, 0.3) is 0 Å². The fourth-order valence-electron chi connectivity index (χ4n) is 10.6. The third kappa shape index (κ3) is 4.06. The summed E-state index contributed by atoms with van der Waals surface area (Å²) < 4.78 is 22.4. The molecule has 276 valence electrons. The molecule has 4 aromatic heterocycles. The molecule has 0 saturated heterocycles. The summed E-state index contributed by atoms with van der Waals surface area (Å²) in [5.74, 6) is 0. The maximum absolute atomic E-state index is 6.65. The molecule has 2 aliphatic rings. The topological polar surface area (TPSA) is 42.7 Å². The second kappa shape index (κ2) is 11.1. The van der Waals surface area contributed by atoms with E-state index in [4.69, 9.17) is 13.3 Å². The van der Waals surface area contributed by atoms with E-state index < -0.39 is 0 Å². The van der Waals surface area contributed by atoms with Crippen LogP contribution in [0.3, 0.4) is 0 Å². The molecule has 0 N–H and O–H groups in total. The minimum absolute atomic E-state index is 0.0142. The van der Waals surface area contributed by atoms with Gasteiger partial charge in [-0.2, -0.15) is 0 Å². The first-order valence-corrected chi connectivity index (χ1v) is 21.2. The zero-order chi connectivity index (χ0) is 38.8. The van der Waals surface area contributed by atoms with Gasteiger partial charge in [-0.15, -0.1) is 11.3 Å². The molecule has 6 heterocycles. The molecule has 0 unspecified atom stereocenters. The van der Waals surface area contributed by atoms with Crippen molar-refractivity contribution in [3.8, 4) is 22.3 Å². The quantitative estimate of drug-likeness (QED) is 0.164. The van der Waals surface area contributed by atoms with Crippen LogP contribution in [0, 0.1) is 0 Å². The van der Waals surface area contributed by atoms with Crippen molar-refractivity contribution in [2.75, 3.05) is 4.90 Å². The monoisotopic (exact) mass is 781 g/mol. The predicted octanol–water partition coefficient (Wildman–Crippen LogP) is 13.7. The van der Waals surface area contributed by atoms with Crippen molar-refractivity contribution in [1.82, 2.24) is 0 Å². The summed E-state index contributed by atoms with van der Waals surface area (Å²) >= 11 is 1.85. The first-order chi connectivity index (χ1) is 29.7. The van der Waals surface area contributed by atoms with Gasteiger partial charge in [-0.05, 0) is 99.9 Å². The van der Waals surface area contributed by atoms with Crippen molar-refractivity contribution >= 4 is 137 Å². The second-order valence-corrected chi connectivity index (χ2v) is 17.4. The number of rotatable bonds is 2. The Bertz CT molecular complexity index is 4050. The number of nitrogens with zero attached hydrogens (tertiary/aromatic N) is 1. The molecule has 4 nitrogen and oxygen atoms in total. The van der Waals surface area contributed by atoms with Gasteiger partial charge in [0.15, 0.2) is 0 Å². The molecule has 0 amide bonds. The van der Waals surface area contributed by atoms with Gasteiger partial charge >= 0.3 is 0 Å². The fourth-order valence-corrected chi connectivity index (χ4v) is 11.7. The molecule has 2 aliphatic heterocycles. The van der Waals surface area contributed by atoms with E-state index in [0.29, 0.717) is 0 Å². The van der Waals surface area contributed by atoms with E-state index in [2.05, 4.69) is 163 Å². The molecule has 0 aliphatic carbocycles. The highest BCUT2D eigenvalue weighted by atomic mass is 32.1. The summed E-state index contributed by atoms with van der Waals surface area (Å²) in [5.41, 5.74) is 17.2. The molecule has 9 aromatic carbocycles. The third-order valence-electron chi connectivity index (χ3n) is 13.2. The summed E-state index contributed by atoms with van der Waals surface area (Å²) in [6.07, 6.45) is 0. The smallest absolute Gasteiger partial charge is 0.248 e. The lowest BCUT2D eigenvalue weighted by Gasteiger charge is -2.36. The van der Waals surface area contributed by atoms with Crippen LogP contribution in [0.2, 0.25) is 0 Å². The lowest BCUT2D eigenvalue weighted by molar-refractivity contribution is 0.668. The van der Waals surface area contributed by atoms with Gasteiger partial charge in [-0.25, -0.2) is 0 Å². The molecule has 0 fully saturated rings. The number of furan rings is 3. The molecule has 0 atom stereocenters. The molecule has 60 heavy (non-hydrogen) atoms. The van der Waals surface area contributed by atoms with Crippen molar-refractivity contribution in [3.63, 3.8) is 0 Å². The highest BCUT2D eigenvalue weighted by Gasteiger charge is 2.44. The Hall–Kier alpha value is -7.54. The number of anilines is 3. The van der Waals surface area contributed by atoms with Crippen molar-refractivity contribution < 1.29 is 13.3 Å². The maximum Gasteiger partial charge on any atom is 0.248 e. The Morgan fingerprint density at radius 3 is 1.72 bits per heavy atom. The number of para-hydroxylation sites is 3. The Morgan fingerprint density at radius 2 is 0.967 bits per heavy atom. The van der Waals surface area contributed by atoms with E-state index in [1.54, 1.807) is 0 Å². The van der Waals surface area contributed by atoms with Crippen LogP contribution < -0.4 is 21.3 Å². The number of thiophene rings is 1. The second-order valence-electron chi connectivity index (χ2n) is 16.4. The summed E-state index contributed by atoms with van der Waals surface area (Å²) in [4.78, 5) is 2.46. The summed E-state index contributed by atoms with van der Waals surface area (Å²) in [6, 6.07) is 61.7. The Morgan fingerprint density at radius 1 is 0.367 bits per heavy atom. The minimum atomic E-state index is -0.0142. The van der Waals surface area contributed by atoms with Gasteiger partial charge in [0.1, 0.15) is 33.5 Å². The van der Waals surface area contributed by atoms with Crippen LogP contribution in [0.5, 0.6) is 0 Å². The maximum atomic E-state index is 6.65. The van der Waals surface area contributed by atoms with Gasteiger partial charge in [0, 0.05) is 81.7 Å². The molecule has 15 rings (SSSR count). The molecule has 0 radical (unpaired) electrons. The van der Waals surface area contributed by atoms with Crippen LogP contribution in [0.4, 0.5) is 17.1 Å². The first-order valence-electron chi connectivity index (χ1n) is 20.4. The lowest BCUT2D eigenvalue weighted by Crippen LogP contribution is -2.54. The van der Waals surface area contributed by atoms with E-state index >= 15 is 0 Å². The molecule has 0 bridgehead atoms. The van der Waals surface area contributed by atoms with Gasteiger partial charge < -0.3 is 18.2 Å². The summed E-state index contributed by atoms with van der Waals surface area (Å²) in [5, 5.41) is 9.33. The van der Waals surface area contributed by atoms with Crippen LogP contribution in [0.25, 0.3) is 108 Å². The van der Waals surface area contributed by atoms with Crippen molar-refractivity contribution in [1.29, 1.82) is 0 Å². The van der Waals surface area contributed by atoms with Crippen LogP contribution in [0.1, 0.15) is 0 Å². The van der Waals surface area contributed by atoms with Crippen LogP contribution in [0.15, 0.2) is 183 Å². The predicted molar refractivity (Wildman–Crippen MR) is 251 cm³/mol. The average Bonchev–Trinajstić information content (AvgIpc) is 4.10. The highest BCUT2D eigenvalue weighted by Crippen LogP contribution is 2.47. The number of hydrogen-bond acceptors (Lipinski definition) is 5. The van der Waals surface area contributed by atoms with E-state index in [-0.39, 0.29) is 6.71 Å². The van der Waals surface area contributed by atoms with Crippen LogP contribution >= 0.6 is 11.3 Å². The van der Waals surface area contributed by atoms with Gasteiger partial charge in [-0.3, -0.25) is 0 Å². The van der Waals surface area contributed by atoms with E-state index in [9.17, 15) is 0 Å².